The summed E-state index contributed by atoms with van der Waals surface area (Å²) in [5.41, 5.74) is 0.783. The largest absolute Gasteiger partial charge is 0.493 e. The topological polar surface area (TPSA) is 29.5 Å². The molecule has 0 bridgehead atoms. The van der Waals surface area contributed by atoms with E-state index in [9.17, 15) is 4.79 Å². The van der Waals surface area contributed by atoms with Crippen LogP contribution in [0.15, 0.2) is 24.3 Å². The van der Waals surface area contributed by atoms with Crippen molar-refractivity contribution in [3.05, 3.63) is 29.8 Å². The Morgan fingerprint density at radius 2 is 1.86 bits per heavy atom. The lowest BCUT2D eigenvalue weighted by Gasteiger charge is -2.29. The summed E-state index contributed by atoms with van der Waals surface area (Å²) in [6, 6.07) is 7.55. The molecule has 116 valence electrons. The summed E-state index contributed by atoms with van der Waals surface area (Å²) < 4.78 is 5.64. The molecule has 2 rings (SSSR count). The highest BCUT2D eigenvalue weighted by molar-refractivity contribution is 5.97. The van der Waals surface area contributed by atoms with Crippen molar-refractivity contribution in [3.63, 3.8) is 0 Å². The molecule has 0 spiro atoms. The number of hydrogen-bond donors (Lipinski definition) is 0. The molecule has 0 N–H and O–H groups in total. The van der Waals surface area contributed by atoms with Crippen LogP contribution < -0.4 is 4.74 Å². The van der Waals surface area contributed by atoms with Crippen LogP contribution in [-0.4, -0.2) is 36.9 Å². The summed E-state index contributed by atoms with van der Waals surface area (Å²) in [5, 5.41) is 0. The fourth-order valence-electron chi connectivity index (χ4n) is 2.51. The summed E-state index contributed by atoms with van der Waals surface area (Å²) in [6.07, 6.45) is 2.41. The molecule has 0 aliphatic carbocycles. The Balaban J connectivity index is 1.85. The second-order valence-corrected chi connectivity index (χ2v) is 6.61. The van der Waals surface area contributed by atoms with E-state index in [2.05, 4.69) is 25.7 Å². The van der Waals surface area contributed by atoms with E-state index < -0.39 is 0 Å². The van der Waals surface area contributed by atoms with Gasteiger partial charge in [0.15, 0.2) is 5.78 Å². The quantitative estimate of drug-likeness (QED) is 0.749. The lowest BCUT2D eigenvalue weighted by atomic mass is 9.99. The zero-order chi connectivity index (χ0) is 15.2. The number of likely N-dealkylation sites (tertiary alicyclic amines) is 1. The van der Waals surface area contributed by atoms with Crippen LogP contribution in [0.5, 0.6) is 5.75 Å². The van der Waals surface area contributed by atoms with E-state index in [0.717, 1.165) is 30.3 Å². The average Bonchev–Trinajstić information content (AvgIpc) is 2.48. The minimum Gasteiger partial charge on any atom is -0.493 e. The smallest absolute Gasteiger partial charge is 0.176 e. The van der Waals surface area contributed by atoms with Crippen molar-refractivity contribution < 1.29 is 9.53 Å². The zero-order valence-corrected chi connectivity index (χ0v) is 13.5. The van der Waals surface area contributed by atoms with Crippen LogP contribution in [0.25, 0.3) is 0 Å². The van der Waals surface area contributed by atoms with Crippen molar-refractivity contribution in [2.45, 2.75) is 33.6 Å². The van der Waals surface area contributed by atoms with Crippen LogP contribution in [0, 0.1) is 11.8 Å². The highest BCUT2D eigenvalue weighted by Gasteiger charge is 2.18. The monoisotopic (exact) mass is 289 g/mol. The van der Waals surface area contributed by atoms with Crippen molar-refractivity contribution in [1.29, 1.82) is 0 Å². The maximum absolute atomic E-state index is 12.3. The predicted molar refractivity (Wildman–Crippen MR) is 85.9 cm³/mol. The van der Waals surface area contributed by atoms with Crippen LogP contribution in [0.1, 0.15) is 44.0 Å². The highest BCUT2D eigenvalue weighted by atomic mass is 16.5. The zero-order valence-electron chi connectivity index (χ0n) is 13.5. The van der Waals surface area contributed by atoms with Crippen molar-refractivity contribution in [2.24, 2.45) is 11.8 Å². The van der Waals surface area contributed by atoms with Gasteiger partial charge in [-0.3, -0.25) is 9.69 Å². The van der Waals surface area contributed by atoms with Gasteiger partial charge >= 0.3 is 0 Å². The van der Waals surface area contributed by atoms with Crippen molar-refractivity contribution in [3.8, 4) is 5.75 Å². The number of Topliss-reactive ketones (excluding diaryl/α,β-unsaturated/α-hetero) is 1. The van der Waals surface area contributed by atoms with Gasteiger partial charge in [0, 0.05) is 5.56 Å². The molecule has 1 saturated heterocycles. The first-order valence-corrected chi connectivity index (χ1v) is 8.03. The number of piperidine rings is 1. The molecule has 0 atom stereocenters. The Kier molecular flexibility index (Phi) is 5.80. The number of hydrogen-bond acceptors (Lipinski definition) is 3. The number of carbonyl (C=O) groups is 1. The number of rotatable bonds is 6. The molecule has 1 aliphatic rings. The second-order valence-electron chi connectivity index (χ2n) is 6.61. The maximum atomic E-state index is 12.3. The molecule has 21 heavy (non-hydrogen) atoms. The van der Waals surface area contributed by atoms with E-state index in [0.29, 0.717) is 19.1 Å². The Labute approximate surface area is 128 Å². The third-order valence-electron chi connectivity index (χ3n) is 4.00. The minimum absolute atomic E-state index is 0.208. The van der Waals surface area contributed by atoms with Crippen molar-refractivity contribution in [1.82, 2.24) is 4.90 Å². The maximum Gasteiger partial charge on any atom is 0.176 e. The first kappa shape index (κ1) is 16.0. The van der Waals surface area contributed by atoms with E-state index in [1.54, 1.807) is 0 Å². The van der Waals surface area contributed by atoms with E-state index in [-0.39, 0.29) is 5.78 Å². The van der Waals surface area contributed by atoms with Gasteiger partial charge in [-0.15, -0.1) is 0 Å². The summed E-state index contributed by atoms with van der Waals surface area (Å²) in [7, 11) is 0. The number of carbonyl (C=O) groups excluding carboxylic acids is 1. The Morgan fingerprint density at radius 1 is 1.24 bits per heavy atom. The van der Waals surface area contributed by atoms with Crippen LogP contribution >= 0.6 is 0 Å². The molecular formula is C18H27NO2. The third kappa shape index (κ3) is 5.16. The van der Waals surface area contributed by atoms with Crippen molar-refractivity contribution in [2.75, 3.05) is 26.2 Å². The molecular weight excluding hydrogens is 262 g/mol. The second kappa shape index (κ2) is 7.60. The van der Waals surface area contributed by atoms with Crippen molar-refractivity contribution >= 4 is 5.78 Å². The predicted octanol–water partition coefficient (Wildman–Crippen LogP) is 3.64. The summed E-state index contributed by atoms with van der Waals surface area (Å²) in [5.74, 6) is 2.36. The lowest BCUT2D eigenvalue weighted by molar-refractivity contribution is 0.0900. The molecule has 1 heterocycles. The Hall–Kier alpha value is -1.35. The molecule has 0 radical (unpaired) electrons. The normalized spacial score (nSPS) is 17.1. The van der Waals surface area contributed by atoms with Gasteiger partial charge in [-0.2, -0.15) is 0 Å². The minimum atomic E-state index is 0.208. The van der Waals surface area contributed by atoms with Gasteiger partial charge in [0.05, 0.1) is 13.2 Å². The van der Waals surface area contributed by atoms with Gasteiger partial charge < -0.3 is 4.74 Å². The molecule has 1 aliphatic heterocycles. The summed E-state index contributed by atoms with van der Waals surface area (Å²) in [4.78, 5) is 14.6. The van der Waals surface area contributed by atoms with Gasteiger partial charge in [-0.1, -0.05) is 20.8 Å². The Bertz CT molecular complexity index is 445. The molecule has 1 aromatic rings. The summed E-state index contributed by atoms with van der Waals surface area (Å²) >= 11 is 0. The van der Waals surface area contributed by atoms with E-state index in [1.165, 1.54) is 12.8 Å². The standard InChI is InChI=1S/C18H27NO2/c1-14(2)13-21-17-6-4-16(5-7-17)18(20)12-19-10-8-15(3)9-11-19/h4-7,14-15H,8-13H2,1-3H3. The van der Waals surface area contributed by atoms with E-state index >= 15 is 0 Å². The molecule has 3 nitrogen and oxygen atoms in total. The van der Waals surface area contributed by atoms with Gasteiger partial charge in [-0.05, 0) is 62.0 Å². The molecule has 1 aromatic carbocycles. The SMILES string of the molecule is CC(C)COc1ccc(C(=O)CN2CCC(C)CC2)cc1. The lowest BCUT2D eigenvalue weighted by Crippen LogP contribution is -2.36. The third-order valence-corrected chi connectivity index (χ3v) is 4.00. The molecule has 0 aromatic heterocycles. The molecule has 0 amide bonds. The van der Waals surface area contributed by atoms with E-state index in [1.807, 2.05) is 24.3 Å². The number of nitrogens with zero attached hydrogens (tertiary/aromatic N) is 1. The molecule has 1 fully saturated rings. The van der Waals surface area contributed by atoms with Crippen LogP contribution in [-0.2, 0) is 0 Å². The average molecular weight is 289 g/mol. The number of benzene rings is 1. The first-order chi connectivity index (χ1) is 10.0. The van der Waals surface area contributed by atoms with Crippen LogP contribution in [0.2, 0.25) is 0 Å². The number of ether oxygens (including phenoxy) is 1. The summed E-state index contributed by atoms with van der Waals surface area (Å²) in [6.45, 7) is 9.87. The van der Waals surface area contributed by atoms with Crippen LogP contribution in [0.3, 0.4) is 0 Å². The first-order valence-electron chi connectivity index (χ1n) is 8.03. The molecule has 0 saturated carbocycles. The van der Waals surface area contributed by atoms with E-state index in [4.69, 9.17) is 4.74 Å². The Morgan fingerprint density at radius 3 is 2.43 bits per heavy atom. The highest BCUT2D eigenvalue weighted by Crippen LogP contribution is 2.17. The van der Waals surface area contributed by atoms with Gasteiger partial charge in [0.25, 0.3) is 0 Å². The fraction of sp³-hybridized carbons (Fsp3) is 0.611. The molecule has 3 heteroatoms. The van der Waals surface area contributed by atoms with Gasteiger partial charge in [-0.25, -0.2) is 0 Å². The van der Waals surface area contributed by atoms with Gasteiger partial charge in [0.1, 0.15) is 5.75 Å². The fourth-order valence-corrected chi connectivity index (χ4v) is 2.51. The number of ketones is 1. The van der Waals surface area contributed by atoms with Gasteiger partial charge in [0.2, 0.25) is 0 Å². The van der Waals surface area contributed by atoms with Crippen LogP contribution in [0.4, 0.5) is 0 Å². The molecule has 0 unspecified atom stereocenters.